The second-order valence-corrected chi connectivity index (χ2v) is 10.5. The molecule has 1 amide bonds. The Morgan fingerprint density at radius 2 is 1.73 bits per heavy atom. The molecule has 1 aliphatic heterocycles. The van der Waals surface area contributed by atoms with Crippen LogP contribution in [0.3, 0.4) is 0 Å². The number of sulfonamides is 1. The van der Waals surface area contributed by atoms with Crippen LogP contribution in [-0.2, 0) is 14.8 Å². The standard InChI is InChI=1S/C23H29ClN2O3S/c1-15-12-16(2)22(17(3)13-15)30(28,29)26-11-5-6-20(14-26)23(27)25-18(4)19-7-9-21(24)10-8-19/h7-10,12-13,18,20H,5-6,11,14H2,1-4H3,(H,25,27). The molecule has 2 aromatic rings. The molecule has 0 aromatic heterocycles. The maximum atomic E-state index is 13.4. The molecule has 0 bridgehead atoms. The summed E-state index contributed by atoms with van der Waals surface area (Å²) in [4.78, 5) is 13.2. The van der Waals surface area contributed by atoms with Crippen LogP contribution in [0.4, 0.5) is 0 Å². The second-order valence-electron chi connectivity index (χ2n) is 8.21. The Morgan fingerprint density at radius 3 is 2.33 bits per heavy atom. The van der Waals surface area contributed by atoms with E-state index in [1.54, 1.807) is 12.1 Å². The van der Waals surface area contributed by atoms with Gasteiger partial charge in [0.05, 0.1) is 16.9 Å². The topological polar surface area (TPSA) is 66.5 Å². The normalized spacial score (nSPS) is 18.8. The maximum Gasteiger partial charge on any atom is 0.243 e. The molecular formula is C23H29ClN2O3S. The number of benzene rings is 2. The summed E-state index contributed by atoms with van der Waals surface area (Å²) in [6.45, 7) is 8.17. The van der Waals surface area contributed by atoms with Gasteiger partial charge in [-0.2, -0.15) is 4.31 Å². The molecule has 0 spiro atoms. The average molecular weight is 449 g/mol. The van der Waals surface area contributed by atoms with Crippen LogP contribution in [0.25, 0.3) is 0 Å². The van der Waals surface area contributed by atoms with Crippen LogP contribution in [0.1, 0.15) is 48.1 Å². The fraction of sp³-hybridized carbons (Fsp3) is 0.435. The number of nitrogens with one attached hydrogen (secondary N) is 1. The van der Waals surface area contributed by atoms with Gasteiger partial charge in [-0.25, -0.2) is 8.42 Å². The monoisotopic (exact) mass is 448 g/mol. The van der Waals surface area contributed by atoms with Gasteiger partial charge >= 0.3 is 0 Å². The molecule has 0 saturated carbocycles. The van der Waals surface area contributed by atoms with E-state index in [0.29, 0.717) is 29.3 Å². The minimum Gasteiger partial charge on any atom is -0.349 e. The largest absolute Gasteiger partial charge is 0.349 e. The number of hydrogen-bond donors (Lipinski definition) is 1. The van der Waals surface area contributed by atoms with Crippen LogP contribution in [-0.4, -0.2) is 31.7 Å². The predicted octanol–water partition coefficient (Wildman–Crippen LogP) is 4.54. The second kappa shape index (κ2) is 9.08. The number of rotatable bonds is 5. The molecule has 1 saturated heterocycles. The summed E-state index contributed by atoms with van der Waals surface area (Å²) in [5.41, 5.74) is 3.49. The van der Waals surface area contributed by atoms with Gasteiger partial charge in [0.2, 0.25) is 15.9 Å². The maximum absolute atomic E-state index is 13.4. The molecule has 1 aliphatic rings. The smallest absolute Gasteiger partial charge is 0.243 e. The number of hydrogen-bond acceptors (Lipinski definition) is 3. The van der Waals surface area contributed by atoms with Crippen molar-refractivity contribution in [2.45, 2.75) is 51.5 Å². The van der Waals surface area contributed by atoms with Gasteiger partial charge in [-0.3, -0.25) is 4.79 Å². The number of piperidine rings is 1. The number of amides is 1. The first kappa shape index (κ1) is 22.8. The molecule has 1 heterocycles. The summed E-state index contributed by atoms with van der Waals surface area (Å²) in [6, 6.07) is 11.0. The average Bonchev–Trinajstić information content (AvgIpc) is 2.67. The quantitative estimate of drug-likeness (QED) is 0.729. The lowest BCUT2D eigenvalue weighted by Gasteiger charge is -2.32. The lowest BCUT2D eigenvalue weighted by atomic mass is 9.98. The van der Waals surface area contributed by atoms with Crippen molar-refractivity contribution in [1.82, 2.24) is 9.62 Å². The lowest BCUT2D eigenvalue weighted by Crippen LogP contribution is -2.46. The molecule has 30 heavy (non-hydrogen) atoms. The lowest BCUT2D eigenvalue weighted by molar-refractivity contribution is -0.126. The number of nitrogens with zero attached hydrogens (tertiary/aromatic N) is 1. The van der Waals surface area contributed by atoms with Crippen LogP contribution >= 0.6 is 11.6 Å². The van der Waals surface area contributed by atoms with Gasteiger partial charge in [0, 0.05) is 18.1 Å². The minimum atomic E-state index is -3.65. The molecule has 0 radical (unpaired) electrons. The van der Waals surface area contributed by atoms with E-state index >= 15 is 0 Å². The molecule has 1 fully saturated rings. The van der Waals surface area contributed by atoms with Gasteiger partial charge in [0.1, 0.15) is 0 Å². The van der Waals surface area contributed by atoms with Gasteiger partial charge < -0.3 is 5.32 Å². The van der Waals surface area contributed by atoms with E-state index in [4.69, 9.17) is 11.6 Å². The number of carbonyl (C=O) groups is 1. The molecule has 3 rings (SSSR count). The third-order valence-corrected chi connectivity index (χ3v) is 8.11. The van der Waals surface area contributed by atoms with E-state index < -0.39 is 10.0 Å². The Balaban J connectivity index is 1.74. The van der Waals surface area contributed by atoms with Crippen molar-refractivity contribution in [3.63, 3.8) is 0 Å². The van der Waals surface area contributed by atoms with Crippen LogP contribution in [0, 0.1) is 26.7 Å². The van der Waals surface area contributed by atoms with Crippen molar-refractivity contribution in [3.05, 3.63) is 63.7 Å². The summed E-state index contributed by atoms with van der Waals surface area (Å²) in [5.74, 6) is -0.482. The van der Waals surface area contributed by atoms with Crippen molar-refractivity contribution < 1.29 is 13.2 Å². The fourth-order valence-corrected chi connectivity index (χ4v) is 6.30. The van der Waals surface area contributed by atoms with Crippen molar-refractivity contribution >= 4 is 27.5 Å². The van der Waals surface area contributed by atoms with Crippen LogP contribution in [0.2, 0.25) is 5.02 Å². The van der Waals surface area contributed by atoms with Gasteiger partial charge in [0.25, 0.3) is 0 Å². The molecule has 2 unspecified atom stereocenters. The highest BCUT2D eigenvalue weighted by atomic mass is 35.5. The molecular weight excluding hydrogens is 420 g/mol. The van der Waals surface area contributed by atoms with E-state index in [2.05, 4.69) is 5.32 Å². The Morgan fingerprint density at radius 1 is 1.13 bits per heavy atom. The minimum absolute atomic E-state index is 0.116. The highest BCUT2D eigenvalue weighted by Crippen LogP contribution is 2.29. The van der Waals surface area contributed by atoms with E-state index in [-0.39, 0.29) is 24.4 Å². The molecule has 2 atom stereocenters. The molecule has 5 nitrogen and oxygen atoms in total. The van der Waals surface area contributed by atoms with Crippen molar-refractivity contribution in [2.24, 2.45) is 5.92 Å². The van der Waals surface area contributed by atoms with E-state index in [9.17, 15) is 13.2 Å². The van der Waals surface area contributed by atoms with Gasteiger partial charge in [-0.05, 0) is 69.4 Å². The third kappa shape index (κ3) is 4.88. The van der Waals surface area contributed by atoms with Crippen LogP contribution < -0.4 is 5.32 Å². The summed E-state index contributed by atoms with van der Waals surface area (Å²) in [7, 11) is -3.65. The summed E-state index contributed by atoms with van der Waals surface area (Å²) in [5, 5.41) is 3.67. The van der Waals surface area contributed by atoms with E-state index in [1.165, 1.54) is 4.31 Å². The van der Waals surface area contributed by atoms with Crippen LogP contribution in [0.5, 0.6) is 0 Å². The first-order chi connectivity index (χ1) is 14.1. The Hall–Kier alpha value is -1.89. The van der Waals surface area contributed by atoms with Gasteiger partial charge in [0.15, 0.2) is 0 Å². The van der Waals surface area contributed by atoms with Crippen molar-refractivity contribution in [2.75, 3.05) is 13.1 Å². The highest BCUT2D eigenvalue weighted by Gasteiger charge is 2.35. The number of aryl methyl sites for hydroxylation is 3. The van der Waals surface area contributed by atoms with Crippen LogP contribution in [0.15, 0.2) is 41.3 Å². The number of halogens is 1. The molecule has 7 heteroatoms. The summed E-state index contributed by atoms with van der Waals surface area (Å²) in [6.07, 6.45) is 1.34. The zero-order chi connectivity index (χ0) is 22.1. The summed E-state index contributed by atoms with van der Waals surface area (Å²) < 4.78 is 28.2. The van der Waals surface area contributed by atoms with E-state index in [0.717, 1.165) is 22.3 Å². The van der Waals surface area contributed by atoms with Crippen molar-refractivity contribution in [3.8, 4) is 0 Å². The van der Waals surface area contributed by atoms with E-state index in [1.807, 2.05) is 52.0 Å². The zero-order valence-electron chi connectivity index (χ0n) is 17.9. The molecule has 2 aromatic carbocycles. The summed E-state index contributed by atoms with van der Waals surface area (Å²) >= 11 is 5.93. The Kier molecular flexibility index (Phi) is 6.90. The fourth-order valence-electron chi connectivity index (χ4n) is 4.24. The Labute approximate surface area is 184 Å². The van der Waals surface area contributed by atoms with Gasteiger partial charge in [-0.15, -0.1) is 0 Å². The molecule has 1 N–H and O–H groups in total. The van der Waals surface area contributed by atoms with Crippen molar-refractivity contribution in [1.29, 1.82) is 0 Å². The predicted molar refractivity (Wildman–Crippen MR) is 120 cm³/mol. The number of carbonyl (C=O) groups excluding carboxylic acids is 1. The first-order valence-electron chi connectivity index (χ1n) is 10.2. The highest BCUT2D eigenvalue weighted by molar-refractivity contribution is 7.89. The molecule has 162 valence electrons. The zero-order valence-corrected chi connectivity index (χ0v) is 19.5. The first-order valence-corrected chi connectivity index (χ1v) is 12.0. The third-order valence-electron chi connectivity index (χ3n) is 5.69. The van der Waals surface area contributed by atoms with Gasteiger partial charge in [-0.1, -0.05) is 41.4 Å². The molecule has 0 aliphatic carbocycles. The SMILES string of the molecule is Cc1cc(C)c(S(=O)(=O)N2CCCC(C(=O)NC(C)c3ccc(Cl)cc3)C2)c(C)c1. The Bertz CT molecular complexity index is 1010.